The summed E-state index contributed by atoms with van der Waals surface area (Å²) in [6.07, 6.45) is 1.42. The average molecular weight is 392 g/mol. The number of nitrogens with zero attached hydrogens (tertiary/aromatic N) is 1. The largest absolute Gasteiger partial charge is 0.376 e. The molecule has 2 N–H and O–H groups in total. The van der Waals surface area contributed by atoms with Crippen LogP contribution in [0.15, 0.2) is 54.6 Å². The first-order valence-corrected chi connectivity index (χ1v) is 8.75. The van der Waals surface area contributed by atoms with Crippen molar-refractivity contribution >= 4 is 29.9 Å². The summed E-state index contributed by atoms with van der Waals surface area (Å²) in [4.78, 5) is 26.3. The molecule has 1 aliphatic heterocycles. The van der Waals surface area contributed by atoms with E-state index in [1.165, 1.54) is 24.3 Å². The van der Waals surface area contributed by atoms with Crippen LogP contribution in [0.1, 0.15) is 23.2 Å². The number of hydrogen-bond donors (Lipinski definition) is 2. The van der Waals surface area contributed by atoms with Crippen molar-refractivity contribution in [1.29, 1.82) is 0 Å². The highest BCUT2D eigenvalue weighted by Crippen LogP contribution is 2.13. The van der Waals surface area contributed by atoms with Crippen molar-refractivity contribution in [3.05, 3.63) is 66.0 Å². The second-order valence-corrected chi connectivity index (χ2v) is 6.35. The van der Waals surface area contributed by atoms with Crippen LogP contribution >= 0.6 is 12.4 Å². The lowest BCUT2D eigenvalue weighted by Crippen LogP contribution is -2.47. The van der Waals surface area contributed by atoms with Crippen LogP contribution in [0.25, 0.3) is 0 Å². The third-order valence-corrected chi connectivity index (χ3v) is 4.51. The first-order valence-electron chi connectivity index (χ1n) is 8.75. The second kappa shape index (κ2) is 9.92. The van der Waals surface area contributed by atoms with Crippen LogP contribution in [0.4, 0.5) is 10.1 Å². The smallest absolute Gasteiger partial charge is 0.251 e. The van der Waals surface area contributed by atoms with Crippen molar-refractivity contribution < 1.29 is 14.0 Å². The molecule has 27 heavy (non-hydrogen) atoms. The minimum absolute atomic E-state index is 0. The molecule has 2 amide bonds. The molecule has 3 rings (SSSR count). The molecule has 2 aromatic rings. The summed E-state index contributed by atoms with van der Waals surface area (Å²) in [6.45, 7) is 1.49. The molecule has 0 aromatic heterocycles. The van der Waals surface area contributed by atoms with Crippen LogP contribution in [0, 0.1) is 5.82 Å². The van der Waals surface area contributed by atoms with Gasteiger partial charge < -0.3 is 15.5 Å². The van der Waals surface area contributed by atoms with E-state index in [1.54, 1.807) is 0 Å². The highest BCUT2D eigenvalue weighted by molar-refractivity contribution is 5.94. The van der Waals surface area contributed by atoms with Gasteiger partial charge in [0, 0.05) is 30.4 Å². The SMILES string of the molecule is Cl.O=C(NC1CCN(C(=O)CNc2ccccc2)CC1)c1ccc(F)cc1. The number of para-hydroxylation sites is 1. The van der Waals surface area contributed by atoms with Crippen molar-refractivity contribution in [3.8, 4) is 0 Å². The fourth-order valence-electron chi connectivity index (χ4n) is 2.99. The van der Waals surface area contributed by atoms with Crippen molar-refractivity contribution in [1.82, 2.24) is 10.2 Å². The third-order valence-electron chi connectivity index (χ3n) is 4.51. The highest BCUT2D eigenvalue weighted by atomic mass is 35.5. The maximum absolute atomic E-state index is 12.9. The van der Waals surface area contributed by atoms with Gasteiger partial charge in [0.1, 0.15) is 5.82 Å². The number of rotatable bonds is 5. The minimum Gasteiger partial charge on any atom is -0.376 e. The van der Waals surface area contributed by atoms with Gasteiger partial charge in [-0.15, -0.1) is 12.4 Å². The molecule has 0 unspecified atom stereocenters. The fraction of sp³-hybridized carbons (Fsp3) is 0.300. The van der Waals surface area contributed by atoms with E-state index in [0.717, 1.165) is 5.69 Å². The van der Waals surface area contributed by atoms with Gasteiger partial charge in [-0.2, -0.15) is 0 Å². The summed E-state index contributed by atoms with van der Waals surface area (Å²) in [7, 11) is 0. The van der Waals surface area contributed by atoms with Crippen LogP contribution in [0.2, 0.25) is 0 Å². The Morgan fingerprint density at radius 3 is 2.26 bits per heavy atom. The normalized spacial score (nSPS) is 14.2. The zero-order valence-electron chi connectivity index (χ0n) is 14.9. The van der Waals surface area contributed by atoms with E-state index in [-0.39, 0.29) is 42.6 Å². The average Bonchev–Trinajstić information content (AvgIpc) is 2.68. The molecule has 0 bridgehead atoms. The van der Waals surface area contributed by atoms with Crippen molar-refractivity contribution in [2.24, 2.45) is 0 Å². The number of amides is 2. The molecule has 7 heteroatoms. The first kappa shape index (κ1) is 20.7. The molecule has 0 spiro atoms. The molecule has 0 radical (unpaired) electrons. The van der Waals surface area contributed by atoms with E-state index < -0.39 is 0 Å². The van der Waals surface area contributed by atoms with Gasteiger partial charge in [0.2, 0.25) is 5.91 Å². The predicted octanol–water partition coefficient (Wildman–Crippen LogP) is 3.08. The number of likely N-dealkylation sites (tertiary alicyclic amines) is 1. The van der Waals surface area contributed by atoms with E-state index in [2.05, 4.69) is 10.6 Å². The Labute approximate surface area is 164 Å². The Kier molecular flexibility index (Phi) is 7.61. The highest BCUT2D eigenvalue weighted by Gasteiger charge is 2.24. The van der Waals surface area contributed by atoms with Gasteiger partial charge in [-0.25, -0.2) is 4.39 Å². The monoisotopic (exact) mass is 391 g/mol. The maximum atomic E-state index is 12.9. The Hall–Kier alpha value is -2.60. The van der Waals surface area contributed by atoms with Gasteiger partial charge in [0.05, 0.1) is 6.54 Å². The van der Waals surface area contributed by atoms with Crippen LogP contribution in [0.3, 0.4) is 0 Å². The van der Waals surface area contributed by atoms with E-state index in [0.29, 0.717) is 31.5 Å². The van der Waals surface area contributed by atoms with Crippen molar-refractivity contribution in [2.75, 3.05) is 25.0 Å². The summed E-state index contributed by atoms with van der Waals surface area (Å²) in [6, 6.07) is 15.1. The van der Waals surface area contributed by atoms with Crippen molar-refractivity contribution in [2.45, 2.75) is 18.9 Å². The van der Waals surface area contributed by atoms with Crippen LogP contribution in [0.5, 0.6) is 0 Å². The van der Waals surface area contributed by atoms with Crippen LogP contribution in [-0.4, -0.2) is 42.4 Å². The van der Waals surface area contributed by atoms with E-state index in [9.17, 15) is 14.0 Å². The standard InChI is InChI=1S/C20H22FN3O2.ClH/c21-16-8-6-15(7-9-16)20(26)23-18-10-12-24(13-11-18)19(25)14-22-17-4-2-1-3-5-17;/h1-9,18,22H,10-14H2,(H,23,26);1H. The van der Waals surface area contributed by atoms with E-state index >= 15 is 0 Å². The summed E-state index contributed by atoms with van der Waals surface area (Å²) < 4.78 is 12.9. The van der Waals surface area contributed by atoms with Crippen LogP contribution in [-0.2, 0) is 4.79 Å². The molecule has 144 valence electrons. The molecule has 1 aliphatic rings. The number of benzene rings is 2. The number of anilines is 1. The summed E-state index contributed by atoms with van der Waals surface area (Å²) in [5, 5.41) is 6.08. The van der Waals surface area contributed by atoms with E-state index in [1.807, 2.05) is 35.2 Å². The summed E-state index contributed by atoms with van der Waals surface area (Å²) in [5.74, 6) is -0.518. The Bertz CT molecular complexity index is 748. The lowest BCUT2D eigenvalue weighted by molar-refractivity contribution is -0.130. The number of carbonyl (C=O) groups excluding carboxylic acids is 2. The number of halogens is 2. The van der Waals surface area contributed by atoms with Gasteiger partial charge in [-0.05, 0) is 49.2 Å². The summed E-state index contributed by atoms with van der Waals surface area (Å²) in [5.41, 5.74) is 1.36. The number of carbonyl (C=O) groups is 2. The second-order valence-electron chi connectivity index (χ2n) is 6.35. The van der Waals surface area contributed by atoms with Gasteiger partial charge in [-0.1, -0.05) is 18.2 Å². The Balaban J connectivity index is 0.00000261. The fourth-order valence-corrected chi connectivity index (χ4v) is 2.99. The molecule has 2 aromatic carbocycles. The molecule has 0 aliphatic carbocycles. The number of hydrogen-bond acceptors (Lipinski definition) is 3. The van der Waals surface area contributed by atoms with Crippen LogP contribution < -0.4 is 10.6 Å². The lowest BCUT2D eigenvalue weighted by Gasteiger charge is -2.32. The summed E-state index contributed by atoms with van der Waals surface area (Å²) >= 11 is 0. The lowest BCUT2D eigenvalue weighted by atomic mass is 10.0. The number of nitrogens with one attached hydrogen (secondary N) is 2. The molecular weight excluding hydrogens is 369 g/mol. The van der Waals surface area contributed by atoms with Gasteiger partial charge in [0.15, 0.2) is 0 Å². The predicted molar refractivity (Wildman–Crippen MR) is 106 cm³/mol. The minimum atomic E-state index is -0.363. The molecule has 1 heterocycles. The third kappa shape index (κ3) is 5.96. The van der Waals surface area contributed by atoms with Gasteiger partial charge in [0.25, 0.3) is 5.91 Å². The maximum Gasteiger partial charge on any atom is 0.251 e. The topological polar surface area (TPSA) is 61.4 Å². The molecule has 0 saturated carbocycles. The van der Waals surface area contributed by atoms with Gasteiger partial charge in [-0.3, -0.25) is 9.59 Å². The Morgan fingerprint density at radius 2 is 1.63 bits per heavy atom. The zero-order chi connectivity index (χ0) is 18.4. The molecular formula is C20H23ClFN3O2. The zero-order valence-corrected chi connectivity index (χ0v) is 15.7. The molecule has 1 fully saturated rings. The van der Waals surface area contributed by atoms with Gasteiger partial charge >= 0.3 is 0 Å². The molecule has 1 saturated heterocycles. The number of piperidine rings is 1. The molecule has 0 atom stereocenters. The van der Waals surface area contributed by atoms with Crippen molar-refractivity contribution in [3.63, 3.8) is 0 Å². The quantitative estimate of drug-likeness (QED) is 0.823. The first-order chi connectivity index (χ1) is 12.6. The Morgan fingerprint density at radius 1 is 1.00 bits per heavy atom. The molecule has 5 nitrogen and oxygen atoms in total. The van der Waals surface area contributed by atoms with E-state index in [4.69, 9.17) is 0 Å².